The maximum absolute atomic E-state index is 12.5. The zero-order valence-electron chi connectivity index (χ0n) is 8.45. The van der Waals surface area contributed by atoms with E-state index >= 15 is 0 Å². The molecule has 1 nitrogen and oxygen atoms in total. The third-order valence-corrected chi connectivity index (χ3v) is 2.46. The molecule has 0 N–H and O–H groups in total. The van der Waals surface area contributed by atoms with E-state index in [1.165, 1.54) is 12.1 Å². The Hall–Kier alpha value is -1.95. The van der Waals surface area contributed by atoms with Gasteiger partial charge in [0.05, 0.1) is 12.5 Å². The van der Waals surface area contributed by atoms with Gasteiger partial charge < -0.3 is 0 Å². The van der Waals surface area contributed by atoms with Crippen LogP contribution in [0.2, 0.25) is 0 Å². The molecule has 16 heavy (non-hydrogen) atoms. The summed E-state index contributed by atoms with van der Waals surface area (Å²) in [5, 5.41) is 10.2. The average molecular weight is 217 g/mol. The molecule has 80 valence electrons. The van der Waals surface area contributed by atoms with E-state index in [9.17, 15) is 8.78 Å². The maximum Gasteiger partial charge on any atom is 0.263 e. The van der Waals surface area contributed by atoms with E-state index in [2.05, 4.69) is 6.07 Å². The van der Waals surface area contributed by atoms with Crippen molar-refractivity contribution < 1.29 is 8.78 Å². The minimum absolute atomic E-state index is 0.0283. The smallest absolute Gasteiger partial charge is 0.205 e. The molecule has 0 fully saturated rings. The first kappa shape index (κ1) is 10.6. The van der Waals surface area contributed by atoms with Crippen LogP contribution in [0.3, 0.4) is 0 Å². The van der Waals surface area contributed by atoms with Crippen LogP contribution in [0.25, 0.3) is 10.8 Å². The van der Waals surface area contributed by atoms with Crippen molar-refractivity contribution >= 4 is 10.8 Å². The number of alkyl halides is 2. The number of benzene rings is 2. The van der Waals surface area contributed by atoms with Crippen LogP contribution in [0.5, 0.6) is 0 Å². The Morgan fingerprint density at radius 3 is 2.44 bits per heavy atom. The SMILES string of the molecule is N#CCc1ccc2cc(C(F)F)ccc2c1. The molecule has 2 aromatic rings. The Balaban J connectivity index is 2.49. The fraction of sp³-hybridized carbons (Fsp3) is 0.154. The van der Waals surface area contributed by atoms with Crippen LogP contribution in [0, 0.1) is 11.3 Å². The van der Waals surface area contributed by atoms with Crippen molar-refractivity contribution in [3.05, 3.63) is 47.5 Å². The zero-order valence-corrected chi connectivity index (χ0v) is 8.45. The van der Waals surface area contributed by atoms with Gasteiger partial charge in [0.15, 0.2) is 0 Å². The number of hydrogen-bond acceptors (Lipinski definition) is 1. The van der Waals surface area contributed by atoms with Crippen LogP contribution in [-0.2, 0) is 6.42 Å². The van der Waals surface area contributed by atoms with E-state index in [-0.39, 0.29) is 5.56 Å². The summed E-state index contributed by atoms with van der Waals surface area (Å²) >= 11 is 0. The highest BCUT2D eigenvalue weighted by Crippen LogP contribution is 2.24. The largest absolute Gasteiger partial charge is 0.263 e. The van der Waals surface area contributed by atoms with Crippen molar-refractivity contribution in [1.82, 2.24) is 0 Å². The van der Waals surface area contributed by atoms with Crippen LogP contribution >= 0.6 is 0 Å². The van der Waals surface area contributed by atoms with E-state index in [0.29, 0.717) is 6.42 Å². The Kier molecular flexibility index (Phi) is 2.82. The van der Waals surface area contributed by atoms with Crippen molar-refractivity contribution in [2.75, 3.05) is 0 Å². The molecule has 0 aromatic heterocycles. The summed E-state index contributed by atoms with van der Waals surface area (Å²) in [6.07, 6.45) is -2.10. The van der Waals surface area contributed by atoms with Gasteiger partial charge in [-0.05, 0) is 22.4 Å². The molecule has 0 saturated carbocycles. The van der Waals surface area contributed by atoms with Crippen LogP contribution < -0.4 is 0 Å². The first-order valence-corrected chi connectivity index (χ1v) is 4.88. The van der Waals surface area contributed by atoms with E-state index in [1.807, 2.05) is 6.07 Å². The van der Waals surface area contributed by atoms with Crippen LogP contribution in [0.1, 0.15) is 17.6 Å². The van der Waals surface area contributed by atoms with Gasteiger partial charge in [-0.1, -0.05) is 30.3 Å². The minimum Gasteiger partial charge on any atom is -0.205 e. The van der Waals surface area contributed by atoms with Crippen molar-refractivity contribution in [1.29, 1.82) is 5.26 Å². The molecule has 0 bridgehead atoms. The van der Waals surface area contributed by atoms with Gasteiger partial charge in [0, 0.05) is 5.56 Å². The van der Waals surface area contributed by atoms with Crippen LogP contribution in [0.15, 0.2) is 36.4 Å². The molecule has 0 saturated heterocycles. The highest BCUT2D eigenvalue weighted by Gasteiger charge is 2.07. The molecule has 3 heteroatoms. The summed E-state index contributed by atoms with van der Waals surface area (Å²) in [5.74, 6) is 0. The van der Waals surface area contributed by atoms with E-state index in [0.717, 1.165) is 16.3 Å². The highest BCUT2D eigenvalue weighted by molar-refractivity contribution is 5.83. The normalized spacial score (nSPS) is 10.6. The molecular weight excluding hydrogens is 208 g/mol. The fourth-order valence-electron chi connectivity index (χ4n) is 1.65. The maximum atomic E-state index is 12.5. The fourth-order valence-corrected chi connectivity index (χ4v) is 1.65. The molecule has 0 radical (unpaired) electrons. The minimum atomic E-state index is -2.44. The first-order valence-electron chi connectivity index (χ1n) is 4.88. The number of fused-ring (bicyclic) bond motifs is 1. The lowest BCUT2D eigenvalue weighted by Crippen LogP contribution is -1.86. The lowest BCUT2D eigenvalue weighted by molar-refractivity contribution is 0.151. The lowest BCUT2D eigenvalue weighted by atomic mass is 10.0. The third-order valence-electron chi connectivity index (χ3n) is 2.46. The zero-order chi connectivity index (χ0) is 11.5. The molecule has 0 aliphatic heterocycles. The van der Waals surface area contributed by atoms with Crippen LogP contribution in [0.4, 0.5) is 8.78 Å². The van der Waals surface area contributed by atoms with Crippen LogP contribution in [-0.4, -0.2) is 0 Å². The molecular formula is C13H9F2N. The molecule has 2 rings (SSSR count). The Morgan fingerprint density at radius 1 is 1.06 bits per heavy atom. The Bertz CT molecular complexity index is 555. The molecule has 0 amide bonds. The predicted octanol–water partition coefficient (Wildman–Crippen LogP) is 3.84. The van der Waals surface area contributed by atoms with Crippen molar-refractivity contribution in [2.45, 2.75) is 12.8 Å². The summed E-state index contributed by atoms with van der Waals surface area (Å²) in [6, 6.07) is 12.0. The quantitative estimate of drug-likeness (QED) is 0.749. The second-order valence-electron chi connectivity index (χ2n) is 3.58. The summed E-state index contributed by atoms with van der Waals surface area (Å²) in [5.41, 5.74) is 0.931. The molecule has 0 unspecified atom stereocenters. The third kappa shape index (κ3) is 2.01. The second kappa shape index (κ2) is 4.28. The molecule has 2 aromatic carbocycles. The van der Waals surface area contributed by atoms with Crippen molar-refractivity contribution in [3.63, 3.8) is 0 Å². The molecule has 0 heterocycles. The number of nitrogens with zero attached hydrogens (tertiary/aromatic N) is 1. The van der Waals surface area contributed by atoms with Gasteiger partial charge in [-0.25, -0.2) is 8.78 Å². The number of hydrogen-bond donors (Lipinski definition) is 0. The van der Waals surface area contributed by atoms with E-state index in [1.54, 1.807) is 18.2 Å². The van der Waals surface area contributed by atoms with E-state index < -0.39 is 6.43 Å². The first-order chi connectivity index (χ1) is 7.70. The highest BCUT2D eigenvalue weighted by atomic mass is 19.3. The summed E-state index contributed by atoms with van der Waals surface area (Å²) in [6.45, 7) is 0. The van der Waals surface area contributed by atoms with Gasteiger partial charge in [-0.3, -0.25) is 0 Å². The monoisotopic (exact) mass is 217 g/mol. The van der Waals surface area contributed by atoms with Gasteiger partial charge in [0.2, 0.25) is 0 Å². The molecule has 0 aliphatic rings. The van der Waals surface area contributed by atoms with Crippen molar-refractivity contribution in [2.24, 2.45) is 0 Å². The number of halogens is 2. The number of nitriles is 1. The van der Waals surface area contributed by atoms with Gasteiger partial charge in [-0.15, -0.1) is 0 Å². The van der Waals surface area contributed by atoms with Gasteiger partial charge in [-0.2, -0.15) is 5.26 Å². The lowest BCUT2D eigenvalue weighted by Gasteiger charge is -2.03. The average Bonchev–Trinajstić information content (AvgIpc) is 2.28. The van der Waals surface area contributed by atoms with Gasteiger partial charge in [0.25, 0.3) is 6.43 Å². The summed E-state index contributed by atoms with van der Waals surface area (Å²) < 4.78 is 24.9. The van der Waals surface area contributed by atoms with Gasteiger partial charge in [0.1, 0.15) is 0 Å². The predicted molar refractivity (Wildman–Crippen MR) is 58.2 cm³/mol. The Morgan fingerprint density at radius 2 is 1.75 bits per heavy atom. The number of rotatable bonds is 2. The molecule has 0 atom stereocenters. The Labute approximate surface area is 91.9 Å². The van der Waals surface area contributed by atoms with Crippen molar-refractivity contribution in [3.8, 4) is 6.07 Å². The van der Waals surface area contributed by atoms with Gasteiger partial charge >= 0.3 is 0 Å². The summed E-state index contributed by atoms with van der Waals surface area (Å²) in [4.78, 5) is 0. The molecule has 0 spiro atoms. The molecule has 0 aliphatic carbocycles. The standard InChI is InChI=1S/C13H9F2N/c14-13(15)12-4-3-10-7-9(5-6-16)1-2-11(10)8-12/h1-4,7-8,13H,5H2. The topological polar surface area (TPSA) is 23.8 Å². The summed E-state index contributed by atoms with van der Waals surface area (Å²) in [7, 11) is 0. The second-order valence-corrected chi connectivity index (χ2v) is 3.58. The van der Waals surface area contributed by atoms with E-state index in [4.69, 9.17) is 5.26 Å².